The van der Waals surface area contributed by atoms with Crippen LogP contribution in [0.2, 0.25) is 0 Å². The van der Waals surface area contributed by atoms with E-state index in [2.05, 4.69) is 18.6 Å². The van der Waals surface area contributed by atoms with Gasteiger partial charge < -0.3 is 10.5 Å². The van der Waals surface area contributed by atoms with E-state index >= 15 is 0 Å². The molecule has 2 rings (SSSR count). The Bertz CT molecular complexity index is 932. The van der Waals surface area contributed by atoms with Crippen molar-refractivity contribution >= 4 is 15.7 Å². The minimum atomic E-state index is -3.81. The number of rotatable bonds is 7. The van der Waals surface area contributed by atoms with Crippen LogP contribution < -0.4 is 15.2 Å². The van der Waals surface area contributed by atoms with Crippen LogP contribution in [-0.4, -0.2) is 22.1 Å². The predicted octanol–water partition coefficient (Wildman–Crippen LogP) is 2.79. The second kappa shape index (κ2) is 8.21. The number of hydrogen-bond donors (Lipinski definition) is 2. The molecule has 6 nitrogen and oxygen atoms in total. The summed E-state index contributed by atoms with van der Waals surface area (Å²) in [5.41, 5.74) is 9.00. The molecule has 3 N–H and O–H groups in total. The molecule has 0 saturated heterocycles. The van der Waals surface area contributed by atoms with E-state index in [-0.39, 0.29) is 22.8 Å². The van der Waals surface area contributed by atoms with Gasteiger partial charge in [-0.05, 0) is 47.7 Å². The minimum absolute atomic E-state index is 0.0535. The second-order valence-electron chi connectivity index (χ2n) is 6.24. The zero-order valence-corrected chi connectivity index (χ0v) is 15.9. The number of nitrogens with two attached hydrogens (primary N) is 1. The summed E-state index contributed by atoms with van der Waals surface area (Å²) in [4.78, 5) is -0.0535. The molecule has 0 unspecified atom stereocenters. The van der Waals surface area contributed by atoms with Gasteiger partial charge in [0.15, 0.2) is 0 Å². The lowest BCUT2D eigenvalue weighted by molar-refractivity contribution is 0.402. The van der Waals surface area contributed by atoms with Crippen molar-refractivity contribution in [3.05, 3.63) is 53.1 Å². The molecule has 2 aromatic rings. The van der Waals surface area contributed by atoms with Crippen molar-refractivity contribution in [1.29, 1.82) is 5.26 Å². The molecule has 26 heavy (non-hydrogen) atoms. The average molecular weight is 373 g/mol. The molecule has 2 aromatic carbocycles. The van der Waals surface area contributed by atoms with Crippen molar-refractivity contribution in [3.63, 3.8) is 0 Å². The normalized spacial score (nSPS) is 11.3. The molecule has 0 atom stereocenters. The Balaban J connectivity index is 2.13. The molecule has 0 heterocycles. The maximum atomic E-state index is 12.6. The first kappa shape index (κ1) is 19.8. The highest BCUT2D eigenvalue weighted by Gasteiger charge is 2.20. The lowest BCUT2D eigenvalue weighted by Crippen LogP contribution is -2.26. The van der Waals surface area contributed by atoms with E-state index in [1.165, 1.54) is 25.3 Å². The number of methoxy groups -OCH3 is 1. The fourth-order valence-corrected chi connectivity index (χ4v) is 3.78. The Labute approximate surface area is 154 Å². The highest BCUT2D eigenvalue weighted by atomic mass is 32.2. The summed E-state index contributed by atoms with van der Waals surface area (Å²) < 4.78 is 32.8. The van der Waals surface area contributed by atoms with Gasteiger partial charge in [-0.15, -0.1) is 0 Å². The Morgan fingerprint density at radius 2 is 1.96 bits per heavy atom. The van der Waals surface area contributed by atoms with Gasteiger partial charge in [-0.1, -0.05) is 26.0 Å². The maximum absolute atomic E-state index is 12.6. The fourth-order valence-electron chi connectivity index (χ4n) is 2.55. The van der Waals surface area contributed by atoms with Crippen LogP contribution in [0.4, 0.5) is 5.69 Å². The Morgan fingerprint density at radius 3 is 2.54 bits per heavy atom. The zero-order valence-electron chi connectivity index (χ0n) is 15.1. The molecule has 138 valence electrons. The van der Waals surface area contributed by atoms with Crippen LogP contribution in [0, 0.1) is 11.3 Å². The number of nitriles is 1. The van der Waals surface area contributed by atoms with Crippen LogP contribution >= 0.6 is 0 Å². The van der Waals surface area contributed by atoms with Crippen LogP contribution in [-0.2, 0) is 16.4 Å². The van der Waals surface area contributed by atoms with E-state index in [4.69, 9.17) is 15.7 Å². The summed E-state index contributed by atoms with van der Waals surface area (Å²) >= 11 is 0. The molecule has 0 aliphatic rings. The predicted molar refractivity (Wildman–Crippen MR) is 102 cm³/mol. The summed E-state index contributed by atoms with van der Waals surface area (Å²) in [5, 5.41) is 8.99. The van der Waals surface area contributed by atoms with Crippen molar-refractivity contribution in [3.8, 4) is 11.8 Å². The molecule has 0 spiro atoms. The number of nitrogens with one attached hydrogen (secondary N) is 1. The number of nitrogen functional groups attached to an aromatic ring is 1. The molecule has 0 bridgehead atoms. The Kier molecular flexibility index (Phi) is 6.24. The highest BCUT2D eigenvalue weighted by molar-refractivity contribution is 7.89. The monoisotopic (exact) mass is 373 g/mol. The summed E-state index contributed by atoms with van der Waals surface area (Å²) in [6, 6.07) is 12.1. The molecule has 0 radical (unpaired) electrons. The summed E-state index contributed by atoms with van der Waals surface area (Å²) in [5.74, 6) is 0.571. The molecule has 0 fully saturated rings. The van der Waals surface area contributed by atoms with E-state index < -0.39 is 10.0 Å². The maximum Gasteiger partial charge on any atom is 0.244 e. The van der Waals surface area contributed by atoms with Gasteiger partial charge in [0.1, 0.15) is 10.6 Å². The van der Waals surface area contributed by atoms with E-state index in [0.29, 0.717) is 18.0 Å². The number of hydrogen-bond acceptors (Lipinski definition) is 5. The summed E-state index contributed by atoms with van der Waals surface area (Å²) in [6.45, 7) is 4.37. The molecular formula is C19H23N3O3S. The highest BCUT2D eigenvalue weighted by Crippen LogP contribution is 2.25. The molecule has 0 amide bonds. The number of ether oxygens (including phenoxy) is 1. The number of anilines is 1. The molecule has 7 heteroatoms. The second-order valence-corrected chi connectivity index (χ2v) is 7.97. The van der Waals surface area contributed by atoms with Crippen LogP contribution in [0.3, 0.4) is 0 Å². The minimum Gasteiger partial charge on any atom is -0.495 e. The lowest BCUT2D eigenvalue weighted by Gasteiger charge is -2.13. The first-order valence-electron chi connectivity index (χ1n) is 8.24. The van der Waals surface area contributed by atoms with Gasteiger partial charge >= 0.3 is 0 Å². The zero-order chi connectivity index (χ0) is 19.3. The SMILES string of the molecule is COc1ccc(C#N)cc1S(=O)(=O)NCCc1ccc(C(C)C)cc1N. The average Bonchev–Trinajstić information content (AvgIpc) is 2.62. The standard InChI is InChI=1S/C19H23N3O3S/c1-13(2)16-6-5-15(17(21)11-16)8-9-22-26(23,24)19-10-14(12-20)4-7-18(19)25-3/h4-7,10-11,13,22H,8-9,21H2,1-3H3. The third kappa shape index (κ3) is 4.54. The van der Waals surface area contributed by atoms with Crippen LogP contribution in [0.15, 0.2) is 41.3 Å². The van der Waals surface area contributed by atoms with Gasteiger partial charge in [0, 0.05) is 12.2 Å². The topological polar surface area (TPSA) is 105 Å². The fraction of sp³-hybridized carbons (Fsp3) is 0.316. The van der Waals surface area contributed by atoms with Crippen molar-refractivity contribution in [1.82, 2.24) is 4.72 Å². The number of benzene rings is 2. The van der Waals surface area contributed by atoms with Crippen LogP contribution in [0.5, 0.6) is 5.75 Å². The van der Waals surface area contributed by atoms with Gasteiger partial charge in [-0.25, -0.2) is 13.1 Å². The van der Waals surface area contributed by atoms with Gasteiger partial charge in [0.2, 0.25) is 10.0 Å². The number of nitrogens with zero attached hydrogens (tertiary/aromatic N) is 1. The number of sulfonamides is 1. The third-order valence-corrected chi connectivity index (χ3v) is 5.59. The van der Waals surface area contributed by atoms with Gasteiger partial charge in [0.05, 0.1) is 18.7 Å². The molecule has 0 aromatic heterocycles. The largest absolute Gasteiger partial charge is 0.495 e. The van der Waals surface area contributed by atoms with E-state index in [1.807, 2.05) is 24.3 Å². The van der Waals surface area contributed by atoms with E-state index in [0.717, 1.165) is 11.1 Å². The smallest absolute Gasteiger partial charge is 0.244 e. The van der Waals surface area contributed by atoms with Crippen molar-refractivity contribution in [2.75, 3.05) is 19.4 Å². The van der Waals surface area contributed by atoms with E-state index in [1.54, 1.807) is 0 Å². The first-order valence-corrected chi connectivity index (χ1v) is 9.73. The van der Waals surface area contributed by atoms with Crippen LogP contribution in [0.25, 0.3) is 0 Å². The van der Waals surface area contributed by atoms with Crippen molar-refractivity contribution in [2.45, 2.75) is 31.1 Å². The third-order valence-electron chi connectivity index (χ3n) is 4.11. The lowest BCUT2D eigenvalue weighted by atomic mass is 9.99. The van der Waals surface area contributed by atoms with E-state index in [9.17, 15) is 8.42 Å². The van der Waals surface area contributed by atoms with Crippen molar-refractivity contribution in [2.24, 2.45) is 0 Å². The first-order chi connectivity index (χ1) is 12.3. The van der Waals surface area contributed by atoms with Gasteiger partial charge in [-0.3, -0.25) is 0 Å². The summed E-state index contributed by atoms with van der Waals surface area (Å²) in [7, 11) is -2.42. The quantitative estimate of drug-likeness (QED) is 0.726. The molecule has 0 saturated carbocycles. The molecule has 0 aliphatic carbocycles. The van der Waals surface area contributed by atoms with Gasteiger partial charge in [0.25, 0.3) is 0 Å². The van der Waals surface area contributed by atoms with Crippen molar-refractivity contribution < 1.29 is 13.2 Å². The Morgan fingerprint density at radius 1 is 1.23 bits per heavy atom. The van der Waals surface area contributed by atoms with Crippen LogP contribution in [0.1, 0.15) is 36.5 Å². The Hall–Kier alpha value is -2.56. The molecular weight excluding hydrogens is 350 g/mol. The van der Waals surface area contributed by atoms with Gasteiger partial charge in [-0.2, -0.15) is 5.26 Å². The molecule has 0 aliphatic heterocycles. The summed E-state index contributed by atoms with van der Waals surface area (Å²) in [6.07, 6.45) is 0.462.